The molecule has 0 unspecified atom stereocenters. The third-order valence-electron chi connectivity index (χ3n) is 2.31. The van der Waals surface area contributed by atoms with Crippen molar-refractivity contribution in [3.63, 3.8) is 0 Å². The molecule has 0 saturated heterocycles. The molecule has 0 radical (unpaired) electrons. The topological polar surface area (TPSA) is 105 Å². The van der Waals surface area contributed by atoms with Crippen molar-refractivity contribution in [1.82, 2.24) is 15.4 Å². The molecule has 3 N–H and O–H groups in total. The number of aromatic nitrogens is 2. The van der Waals surface area contributed by atoms with E-state index in [1.165, 1.54) is 0 Å². The molecule has 0 bridgehead atoms. The number of carboxylic acid groups (broad SMARTS) is 1. The number of nitrogens with one attached hydrogen (secondary N) is 1. The first kappa shape index (κ1) is 13.0. The Morgan fingerprint density at radius 3 is 2.58 bits per heavy atom. The van der Waals surface area contributed by atoms with Crippen LogP contribution in [0.3, 0.4) is 0 Å². The lowest BCUT2D eigenvalue weighted by molar-refractivity contribution is 0.124. The van der Waals surface area contributed by atoms with Crippen molar-refractivity contribution in [3.05, 3.63) is 42.9 Å². The molecular weight excluding hydrogens is 249 g/mol. The van der Waals surface area contributed by atoms with Crippen LogP contribution in [0.4, 0.5) is 4.79 Å². The first-order valence-corrected chi connectivity index (χ1v) is 5.36. The summed E-state index contributed by atoms with van der Waals surface area (Å²) in [4.78, 5) is 18.3. The van der Waals surface area contributed by atoms with Crippen molar-refractivity contribution in [3.8, 4) is 11.3 Å². The predicted octanol–water partition coefficient (Wildman–Crippen LogP) is 0.0303. The van der Waals surface area contributed by atoms with E-state index in [2.05, 4.69) is 14.7 Å². The van der Waals surface area contributed by atoms with Crippen LogP contribution < -0.4 is 10.9 Å². The lowest BCUT2D eigenvalue weighted by Gasteiger charge is -2.07. The Bertz CT molecular complexity index is 550. The van der Waals surface area contributed by atoms with Crippen LogP contribution in [-0.4, -0.2) is 33.3 Å². The number of hydrogen-bond acceptors (Lipinski definition) is 5. The van der Waals surface area contributed by atoms with Gasteiger partial charge in [0.25, 0.3) is 0 Å². The maximum absolute atomic E-state index is 10.2. The Morgan fingerprint density at radius 2 is 2.00 bits per heavy atom. The maximum Gasteiger partial charge on any atom is 0.514 e. The Kier molecular flexibility index (Phi) is 4.06. The van der Waals surface area contributed by atoms with E-state index >= 15 is 0 Å². The second-order valence-corrected chi connectivity index (χ2v) is 3.59. The van der Waals surface area contributed by atoms with Crippen LogP contribution in [-0.2, 0) is 4.76 Å². The Balaban J connectivity index is 2.08. The van der Waals surface area contributed by atoms with Crippen molar-refractivity contribution in [2.75, 3.05) is 0 Å². The number of hydroxylamine groups is 1. The standard InChI is InChI=1S/C11H10BN3O4/c16-11(17)15-19-12(18)9-3-1-8(2-4-9)10-7-13-5-6-14-10/h1-7,15,18H,(H,16,17). The molecule has 0 spiro atoms. The predicted molar refractivity (Wildman–Crippen MR) is 67.3 cm³/mol. The molecule has 0 atom stereocenters. The molecule has 1 amide bonds. The van der Waals surface area contributed by atoms with Gasteiger partial charge in [0.15, 0.2) is 0 Å². The molecule has 0 fully saturated rings. The fraction of sp³-hybridized carbons (Fsp3) is 0. The van der Waals surface area contributed by atoms with Crippen molar-refractivity contribution >= 4 is 18.7 Å². The van der Waals surface area contributed by atoms with Gasteiger partial charge >= 0.3 is 13.2 Å². The Morgan fingerprint density at radius 1 is 1.26 bits per heavy atom. The highest BCUT2D eigenvalue weighted by Gasteiger charge is 2.18. The first-order chi connectivity index (χ1) is 9.16. The largest absolute Gasteiger partial charge is 0.514 e. The van der Waals surface area contributed by atoms with Gasteiger partial charge in [-0.2, -0.15) is 0 Å². The van der Waals surface area contributed by atoms with Crippen molar-refractivity contribution < 1.29 is 19.7 Å². The van der Waals surface area contributed by atoms with Gasteiger partial charge in [-0.25, -0.2) is 10.3 Å². The van der Waals surface area contributed by atoms with E-state index in [0.717, 1.165) is 5.56 Å². The van der Waals surface area contributed by atoms with Crippen LogP contribution in [0.2, 0.25) is 0 Å². The van der Waals surface area contributed by atoms with Gasteiger partial charge in [-0.05, 0) is 5.46 Å². The summed E-state index contributed by atoms with van der Waals surface area (Å²) in [5, 5.41) is 17.9. The molecule has 0 aliphatic carbocycles. The summed E-state index contributed by atoms with van der Waals surface area (Å²) in [6.07, 6.45) is 3.40. The van der Waals surface area contributed by atoms with Crippen molar-refractivity contribution in [2.24, 2.45) is 0 Å². The van der Waals surface area contributed by atoms with Crippen LogP contribution in [0, 0.1) is 0 Å². The molecule has 8 heteroatoms. The first-order valence-electron chi connectivity index (χ1n) is 5.36. The molecule has 1 heterocycles. The Labute approximate surface area is 109 Å². The van der Waals surface area contributed by atoms with E-state index in [-0.39, 0.29) is 0 Å². The van der Waals surface area contributed by atoms with Crippen molar-refractivity contribution in [2.45, 2.75) is 0 Å². The zero-order valence-electron chi connectivity index (χ0n) is 9.72. The third kappa shape index (κ3) is 3.51. The van der Waals surface area contributed by atoms with E-state index in [9.17, 15) is 9.82 Å². The van der Waals surface area contributed by atoms with Gasteiger partial charge in [-0.3, -0.25) is 14.7 Å². The lowest BCUT2D eigenvalue weighted by atomic mass is 9.79. The van der Waals surface area contributed by atoms with Crippen LogP contribution >= 0.6 is 0 Å². The highest BCUT2D eigenvalue weighted by molar-refractivity contribution is 6.59. The lowest BCUT2D eigenvalue weighted by Crippen LogP contribution is -2.40. The molecular formula is C11H10BN3O4. The molecule has 0 saturated carbocycles. The monoisotopic (exact) mass is 259 g/mol. The minimum absolute atomic E-state index is 0.418. The molecule has 2 rings (SSSR count). The highest BCUT2D eigenvalue weighted by Crippen LogP contribution is 2.13. The number of amides is 1. The maximum atomic E-state index is 10.2. The average Bonchev–Trinajstić information content (AvgIpc) is 2.46. The van der Waals surface area contributed by atoms with E-state index in [4.69, 9.17) is 5.11 Å². The summed E-state index contributed by atoms with van der Waals surface area (Å²) < 4.78 is 4.51. The number of rotatable bonds is 4. The summed E-state index contributed by atoms with van der Waals surface area (Å²) in [7, 11) is -1.37. The van der Waals surface area contributed by atoms with Gasteiger partial charge in [0.1, 0.15) is 0 Å². The van der Waals surface area contributed by atoms with E-state index in [1.54, 1.807) is 48.3 Å². The fourth-order valence-electron chi connectivity index (χ4n) is 1.44. The molecule has 19 heavy (non-hydrogen) atoms. The van der Waals surface area contributed by atoms with Crippen LogP contribution in [0.1, 0.15) is 0 Å². The molecule has 0 aliphatic heterocycles. The van der Waals surface area contributed by atoms with Gasteiger partial charge in [0.05, 0.1) is 11.9 Å². The third-order valence-corrected chi connectivity index (χ3v) is 2.31. The second kappa shape index (κ2) is 5.94. The summed E-state index contributed by atoms with van der Waals surface area (Å²) in [5.41, 5.74) is 3.58. The fourth-order valence-corrected chi connectivity index (χ4v) is 1.44. The van der Waals surface area contributed by atoms with Gasteiger partial charge in [-0.15, -0.1) is 0 Å². The molecule has 96 valence electrons. The summed E-state index contributed by atoms with van der Waals surface area (Å²) in [6.45, 7) is 0. The molecule has 1 aromatic heterocycles. The van der Waals surface area contributed by atoms with Gasteiger partial charge in [0.2, 0.25) is 0 Å². The summed E-state index contributed by atoms with van der Waals surface area (Å²) in [6, 6.07) is 6.68. The van der Waals surface area contributed by atoms with E-state index < -0.39 is 13.2 Å². The number of nitrogens with zero attached hydrogens (tertiary/aromatic N) is 2. The zero-order valence-corrected chi connectivity index (χ0v) is 9.72. The normalized spacial score (nSPS) is 9.95. The van der Waals surface area contributed by atoms with E-state index in [0.29, 0.717) is 11.2 Å². The van der Waals surface area contributed by atoms with Crippen molar-refractivity contribution in [1.29, 1.82) is 0 Å². The Hall–Kier alpha value is -2.45. The number of carbonyl (C=O) groups is 1. The van der Waals surface area contributed by atoms with Gasteiger partial charge in [0, 0.05) is 18.0 Å². The molecule has 1 aromatic carbocycles. The smallest absolute Gasteiger partial charge is 0.464 e. The minimum Gasteiger partial charge on any atom is -0.464 e. The molecule has 0 aliphatic rings. The minimum atomic E-state index is -1.38. The number of hydrogen-bond donors (Lipinski definition) is 3. The average molecular weight is 259 g/mol. The SMILES string of the molecule is O=C(O)NOB(O)c1ccc(-c2cnccn2)cc1. The van der Waals surface area contributed by atoms with Crippen LogP contribution in [0.15, 0.2) is 42.9 Å². The highest BCUT2D eigenvalue weighted by atomic mass is 16.7. The van der Waals surface area contributed by atoms with Gasteiger partial charge < -0.3 is 10.1 Å². The second-order valence-electron chi connectivity index (χ2n) is 3.59. The molecule has 2 aromatic rings. The molecule has 7 nitrogen and oxygen atoms in total. The summed E-state index contributed by atoms with van der Waals surface area (Å²) in [5.74, 6) is 0. The summed E-state index contributed by atoms with van der Waals surface area (Å²) >= 11 is 0. The van der Waals surface area contributed by atoms with Crippen LogP contribution in [0.25, 0.3) is 11.3 Å². The quantitative estimate of drug-likeness (QED) is 0.528. The van der Waals surface area contributed by atoms with E-state index in [1.807, 2.05) is 0 Å². The van der Waals surface area contributed by atoms with Gasteiger partial charge in [-0.1, -0.05) is 24.3 Å². The zero-order chi connectivity index (χ0) is 13.7. The number of benzene rings is 1. The van der Waals surface area contributed by atoms with Crippen LogP contribution in [0.5, 0.6) is 0 Å².